The Balaban J connectivity index is 1.80. The van der Waals surface area contributed by atoms with Crippen LogP contribution < -0.4 is 5.73 Å². The van der Waals surface area contributed by atoms with Gasteiger partial charge in [0, 0.05) is 24.8 Å². The molecular weight excluding hydrogens is 262 g/mol. The van der Waals surface area contributed by atoms with Gasteiger partial charge in [-0.25, -0.2) is 0 Å². The molecule has 2 fully saturated rings. The molecule has 1 amide bonds. The molecular formula is C17H27N3O. The second-order valence-electron chi connectivity index (χ2n) is 6.47. The van der Waals surface area contributed by atoms with Crippen LogP contribution in [0.25, 0.3) is 0 Å². The molecule has 2 N–H and O–H groups in total. The highest BCUT2D eigenvalue weighted by atomic mass is 16.2. The van der Waals surface area contributed by atoms with E-state index >= 15 is 0 Å². The van der Waals surface area contributed by atoms with Crippen molar-refractivity contribution in [2.75, 3.05) is 13.1 Å². The van der Waals surface area contributed by atoms with E-state index in [4.69, 9.17) is 5.73 Å². The minimum Gasteiger partial charge on any atom is -0.340 e. The van der Waals surface area contributed by atoms with Gasteiger partial charge >= 0.3 is 0 Å². The summed E-state index contributed by atoms with van der Waals surface area (Å²) in [5.41, 5.74) is 6.77. The summed E-state index contributed by atoms with van der Waals surface area (Å²) in [6.07, 6.45) is 9.22. The molecule has 1 heterocycles. The zero-order valence-electron chi connectivity index (χ0n) is 13.0. The van der Waals surface area contributed by atoms with E-state index in [1.165, 1.54) is 25.7 Å². The lowest BCUT2D eigenvalue weighted by atomic mass is 9.92. The first-order valence-corrected chi connectivity index (χ1v) is 8.44. The number of nitrogens with two attached hydrogens (primary N) is 1. The fourth-order valence-corrected chi connectivity index (χ4v) is 3.94. The van der Waals surface area contributed by atoms with E-state index in [0.717, 1.165) is 25.1 Å². The molecule has 1 aromatic heterocycles. The number of hydrogen-bond donors (Lipinski definition) is 1. The van der Waals surface area contributed by atoms with Crippen molar-refractivity contribution in [3.05, 3.63) is 24.0 Å². The third-order valence-electron chi connectivity index (χ3n) is 5.39. The Bertz CT molecular complexity index is 492. The molecule has 3 rings (SSSR count). The molecule has 0 aliphatic heterocycles. The van der Waals surface area contributed by atoms with Gasteiger partial charge in [0.1, 0.15) is 5.69 Å². The molecule has 0 spiro atoms. The van der Waals surface area contributed by atoms with E-state index in [1.807, 2.05) is 12.1 Å². The van der Waals surface area contributed by atoms with Crippen molar-refractivity contribution in [1.29, 1.82) is 0 Å². The second-order valence-corrected chi connectivity index (χ2v) is 6.47. The smallest absolute Gasteiger partial charge is 0.270 e. The number of carbonyl (C=O) groups is 1. The molecule has 2 atom stereocenters. The normalized spacial score (nSPS) is 25.8. The number of hydrogen-bond acceptors (Lipinski definition) is 2. The van der Waals surface area contributed by atoms with Gasteiger partial charge in [-0.3, -0.25) is 4.79 Å². The van der Waals surface area contributed by atoms with Crippen LogP contribution in [0.5, 0.6) is 0 Å². The third kappa shape index (κ3) is 2.61. The SMILES string of the molecule is CCN(C(=O)c1cccn1C1CCC1)C1CCCC1CN. The van der Waals surface area contributed by atoms with E-state index < -0.39 is 0 Å². The molecule has 0 saturated heterocycles. The average Bonchev–Trinajstić information content (AvgIpc) is 3.06. The van der Waals surface area contributed by atoms with Crippen molar-refractivity contribution in [1.82, 2.24) is 9.47 Å². The summed E-state index contributed by atoms with van der Waals surface area (Å²) in [5, 5.41) is 0. The first-order chi connectivity index (χ1) is 10.3. The maximum Gasteiger partial charge on any atom is 0.270 e. The lowest BCUT2D eigenvalue weighted by molar-refractivity contribution is 0.0635. The summed E-state index contributed by atoms with van der Waals surface area (Å²) in [7, 11) is 0. The highest BCUT2D eigenvalue weighted by Gasteiger charge is 2.35. The average molecular weight is 289 g/mol. The van der Waals surface area contributed by atoms with E-state index in [9.17, 15) is 4.79 Å². The van der Waals surface area contributed by atoms with E-state index in [0.29, 0.717) is 24.5 Å². The van der Waals surface area contributed by atoms with Gasteiger partial charge in [-0.15, -0.1) is 0 Å². The summed E-state index contributed by atoms with van der Waals surface area (Å²) in [4.78, 5) is 15.1. The fraction of sp³-hybridized carbons (Fsp3) is 0.706. The standard InChI is InChI=1S/C17H27N3O/c1-2-19(15-9-3-6-13(15)12-18)17(21)16-10-5-11-20(16)14-7-4-8-14/h5,10-11,13-15H,2-4,6-9,12,18H2,1H3. The molecule has 2 saturated carbocycles. The van der Waals surface area contributed by atoms with Gasteiger partial charge in [-0.05, 0) is 63.6 Å². The Labute approximate surface area is 127 Å². The van der Waals surface area contributed by atoms with Crippen LogP contribution in [-0.4, -0.2) is 34.5 Å². The van der Waals surface area contributed by atoms with Crippen LogP contribution >= 0.6 is 0 Å². The van der Waals surface area contributed by atoms with Gasteiger partial charge < -0.3 is 15.2 Å². The molecule has 116 valence electrons. The first-order valence-electron chi connectivity index (χ1n) is 8.44. The van der Waals surface area contributed by atoms with Crippen LogP contribution in [0, 0.1) is 5.92 Å². The topological polar surface area (TPSA) is 51.3 Å². The summed E-state index contributed by atoms with van der Waals surface area (Å²) in [5.74, 6) is 0.667. The lowest BCUT2D eigenvalue weighted by Crippen LogP contribution is -2.45. The largest absolute Gasteiger partial charge is 0.340 e. The highest BCUT2D eigenvalue weighted by Crippen LogP contribution is 2.34. The quantitative estimate of drug-likeness (QED) is 0.906. The fourth-order valence-electron chi connectivity index (χ4n) is 3.94. The minimum absolute atomic E-state index is 0.194. The number of rotatable bonds is 5. The van der Waals surface area contributed by atoms with E-state index in [2.05, 4.69) is 22.6 Å². The number of amides is 1. The maximum absolute atomic E-state index is 13.0. The molecule has 21 heavy (non-hydrogen) atoms. The van der Waals surface area contributed by atoms with Gasteiger partial charge in [-0.2, -0.15) is 0 Å². The second kappa shape index (κ2) is 6.22. The lowest BCUT2D eigenvalue weighted by Gasteiger charge is -2.34. The van der Waals surface area contributed by atoms with Crippen molar-refractivity contribution in [2.45, 2.75) is 57.5 Å². The Kier molecular flexibility index (Phi) is 4.34. The Morgan fingerprint density at radius 3 is 2.71 bits per heavy atom. The molecule has 0 bridgehead atoms. The van der Waals surface area contributed by atoms with Crippen LogP contribution in [0.3, 0.4) is 0 Å². The van der Waals surface area contributed by atoms with Crippen LogP contribution in [0.2, 0.25) is 0 Å². The van der Waals surface area contributed by atoms with Crippen LogP contribution in [-0.2, 0) is 0 Å². The Morgan fingerprint density at radius 2 is 2.10 bits per heavy atom. The Morgan fingerprint density at radius 1 is 1.33 bits per heavy atom. The monoisotopic (exact) mass is 289 g/mol. The Hall–Kier alpha value is -1.29. The predicted octanol–water partition coefficient (Wildman–Crippen LogP) is 2.80. The van der Waals surface area contributed by atoms with Crippen LogP contribution in [0.1, 0.15) is 62.0 Å². The van der Waals surface area contributed by atoms with Crippen molar-refractivity contribution >= 4 is 5.91 Å². The summed E-state index contributed by atoms with van der Waals surface area (Å²) in [6, 6.07) is 4.85. The minimum atomic E-state index is 0.194. The number of nitrogens with zero attached hydrogens (tertiary/aromatic N) is 2. The zero-order chi connectivity index (χ0) is 14.8. The third-order valence-corrected chi connectivity index (χ3v) is 5.39. The zero-order valence-corrected chi connectivity index (χ0v) is 13.0. The predicted molar refractivity (Wildman–Crippen MR) is 84.2 cm³/mol. The maximum atomic E-state index is 13.0. The van der Waals surface area contributed by atoms with Gasteiger partial charge in [-0.1, -0.05) is 6.42 Å². The van der Waals surface area contributed by atoms with Crippen molar-refractivity contribution in [3.8, 4) is 0 Å². The molecule has 2 aliphatic rings. The number of aromatic nitrogens is 1. The van der Waals surface area contributed by atoms with E-state index in [-0.39, 0.29) is 5.91 Å². The molecule has 1 aromatic rings. The molecule has 4 nitrogen and oxygen atoms in total. The molecule has 0 aromatic carbocycles. The molecule has 2 aliphatic carbocycles. The van der Waals surface area contributed by atoms with Crippen molar-refractivity contribution in [3.63, 3.8) is 0 Å². The van der Waals surface area contributed by atoms with Gasteiger partial charge in [0.05, 0.1) is 0 Å². The van der Waals surface area contributed by atoms with Crippen molar-refractivity contribution in [2.24, 2.45) is 11.7 Å². The molecule has 0 radical (unpaired) electrons. The van der Waals surface area contributed by atoms with Crippen LogP contribution in [0.4, 0.5) is 0 Å². The summed E-state index contributed by atoms with van der Waals surface area (Å²) >= 11 is 0. The van der Waals surface area contributed by atoms with Gasteiger partial charge in [0.25, 0.3) is 5.91 Å². The van der Waals surface area contributed by atoms with E-state index in [1.54, 1.807) is 0 Å². The van der Waals surface area contributed by atoms with Crippen LogP contribution in [0.15, 0.2) is 18.3 Å². The number of carbonyl (C=O) groups excluding carboxylic acids is 1. The summed E-state index contributed by atoms with van der Waals surface area (Å²) < 4.78 is 2.20. The first kappa shape index (κ1) is 14.6. The van der Waals surface area contributed by atoms with Gasteiger partial charge in [0.2, 0.25) is 0 Å². The summed E-state index contributed by atoms with van der Waals surface area (Å²) in [6.45, 7) is 3.55. The molecule has 4 heteroatoms. The molecule has 2 unspecified atom stereocenters. The highest BCUT2D eigenvalue weighted by molar-refractivity contribution is 5.93. The van der Waals surface area contributed by atoms with Gasteiger partial charge in [0.15, 0.2) is 0 Å². The van der Waals surface area contributed by atoms with Crippen molar-refractivity contribution < 1.29 is 4.79 Å².